The second-order valence-electron chi connectivity index (χ2n) is 4.87. The highest BCUT2D eigenvalue weighted by Crippen LogP contribution is 2.15. The molecule has 1 amide bonds. The molecule has 0 saturated heterocycles. The van der Waals surface area contributed by atoms with Crippen molar-refractivity contribution in [1.82, 2.24) is 9.62 Å². The molecule has 0 atom stereocenters. The Morgan fingerprint density at radius 3 is 2.48 bits per heavy atom. The van der Waals surface area contributed by atoms with E-state index in [1.54, 1.807) is 16.3 Å². The van der Waals surface area contributed by atoms with Gasteiger partial charge in [-0.3, -0.25) is 4.79 Å². The third-order valence-electron chi connectivity index (χ3n) is 3.54. The quantitative estimate of drug-likeness (QED) is 0.754. The highest BCUT2D eigenvalue weighted by molar-refractivity contribution is 7.91. The van der Waals surface area contributed by atoms with E-state index in [9.17, 15) is 13.2 Å². The van der Waals surface area contributed by atoms with Crippen molar-refractivity contribution in [2.45, 2.75) is 37.8 Å². The standard InChI is InChI=1S/C14H24N2O3S2/c1-4-12(5-2)11-16(6-3)13(17)10-15-21(18,19)14-8-7-9-20-14/h7-9,12,15H,4-6,10-11H2,1-3H3. The van der Waals surface area contributed by atoms with E-state index in [-0.39, 0.29) is 16.7 Å². The average molecular weight is 332 g/mol. The molecule has 0 saturated carbocycles. The van der Waals surface area contributed by atoms with Gasteiger partial charge in [0, 0.05) is 13.1 Å². The lowest BCUT2D eigenvalue weighted by molar-refractivity contribution is -0.130. The Morgan fingerprint density at radius 2 is 2.00 bits per heavy atom. The van der Waals surface area contributed by atoms with Gasteiger partial charge in [0.25, 0.3) is 10.0 Å². The zero-order chi connectivity index (χ0) is 15.9. The zero-order valence-corrected chi connectivity index (χ0v) is 14.5. The maximum atomic E-state index is 12.2. The molecule has 0 aliphatic rings. The van der Waals surface area contributed by atoms with Crippen molar-refractivity contribution in [1.29, 1.82) is 0 Å². The summed E-state index contributed by atoms with van der Waals surface area (Å²) in [6.45, 7) is 7.21. The van der Waals surface area contributed by atoms with Crippen molar-refractivity contribution >= 4 is 27.3 Å². The molecular weight excluding hydrogens is 308 g/mol. The molecule has 1 aromatic heterocycles. The Labute approximate surface area is 131 Å². The Balaban J connectivity index is 2.59. The average Bonchev–Trinajstić information content (AvgIpc) is 3.01. The van der Waals surface area contributed by atoms with Crippen LogP contribution in [0.25, 0.3) is 0 Å². The number of nitrogens with one attached hydrogen (secondary N) is 1. The molecule has 7 heteroatoms. The maximum Gasteiger partial charge on any atom is 0.250 e. The van der Waals surface area contributed by atoms with E-state index in [0.29, 0.717) is 19.0 Å². The molecule has 21 heavy (non-hydrogen) atoms. The minimum Gasteiger partial charge on any atom is -0.342 e. The van der Waals surface area contributed by atoms with Gasteiger partial charge in [0.05, 0.1) is 6.54 Å². The topological polar surface area (TPSA) is 66.5 Å². The normalized spacial score (nSPS) is 11.8. The zero-order valence-electron chi connectivity index (χ0n) is 12.8. The molecule has 0 fully saturated rings. The Morgan fingerprint density at radius 1 is 1.33 bits per heavy atom. The van der Waals surface area contributed by atoms with Crippen LogP contribution in [0.3, 0.4) is 0 Å². The number of carbonyl (C=O) groups is 1. The first kappa shape index (κ1) is 18.1. The van der Waals surface area contributed by atoms with Crippen molar-refractivity contribution in [3.8, 4) is 0 Å². The summed E-state index contributed by atoms with van der Waals surface area (Å²) in [5.41, 5.74) is 0. The van der Waals surface area contributed by atoms with Crippen molar-refractivity contribution < 1.29 is 13.2 Å². The van der Waals surface area contributed by atoms with E-state index in [1.807, 2.05) is 6.92 Å². The molecule has 120 valence electrons. The van der Waals surface area contributed by atoms with Crippen LogP contribution in [0.5, 0.6) is 0 Å². The van der Waals surface area contributed by atoms with Crippen LogP contribution in [-0.4, -0.2) is 38.9 Å². The lowest BCUT2D eigenvalue weighted by Crippen LogP contribution is -2.42. The van der Waals surface area contributed by atoms with Crippen LogP contribution in [-0.2, 0) is 14.8 Å². The molecule has 1 heterocycles. The van der Waals surface area contributed by atoms with Gasteiger partial charge in [-0.15, -0.1) is 11.3 Å². The summed E-state index contributed by atoms with van der Waals surface area (Å²) < 4.78 is 26.6. The molecule has 5 nitrogen and oxygen atoms in total. The van der Waals surface area contributed by atoms with E-state index in [1.165, 1.54) is 6.07 Å². The number of amides is 1. The van der Waals surface area contributed by atoms with Gasteiger partial charge in [-0.05, 0) is 24.3 Å². The molecule has 0 radical (unpaired) electrons. The maximum absolute atomic E-state index is 12.2. The van der Waals surface area contributed by atoms with Crippen molar-refractivity contribution in [3.05, 3.63) is 17.5 Å². The van der Waals surface area contributed by atoms with Gasteiger partial charge in [0.15, 0.2) is 0 Å². The van der Waals surface area contributed by atoms with E-state index in [4.69, 9.17) is 0 Å². The van der Waals surface area contributed by atoms with E-state index < -0.39 is 10.0 Å². The van der Waals surface area contributed by atoms with Crippen molar-refractivity contribution in [2.24, 2.45) is 5.92 Å². The lowest BCUT2D eigenvalue weighted by Gasteiger charge is -2.25. The number of likely N-dealkylation sites (N-methyl/N-ethyl adjacent to an activating group) is 1. The summed E-state index contributed by atoms with van der Waals surface area (Å²) in [4.78, 5) is 13.9. The predicted octanol–water partition coefficient (Wildman–Crippen LogP) is 2.31. The molecule has 1 rings (SSSR count). The van der Waals surface area contributed by atoms with Crippen LogP contribution in [0.2, 0.25) is 0 Å². The Hall–Kier alpha value is -0.920. The van der Waals surface area contributed by atoms with Crippen molar-refractivity contribution in [2.75, 3.05) is 19.6 Å². The number of nitrogens with zero attached hydrogens (tertiary/aromatic N) is 1. The summed E-state index contributed by atoms with van der Waals surface area (Å²) >= 11 is 1.14. The molecule has 0 aromatic carbocycles. The second kappa shape index (κ2) is 8.51. The van der Waals surface area contributed by atoms with Crippen LogP contribution < -0.4 is 4.72 Å². The van der Waals surface area contributed by atoms with Crippen molar-refractivity contribution in [3.63, 3.8) is 0 Å². The third-order valence-corrected chi connectivity index (χ3v) is 6.34. The number of hydrogen-bond acceptors (Lipinski definition) is 4. The lowest BCUT2D eigenvalue weighted by atomic mass is 10.0. The number of hydrogen-bond donors (Lipinski definition) is 1. The molecular formula is C14H24N2O3S2. The van der Waals surface area contributed by atoms with Gasteiger partial charge in [0.2, 0.25) is 5.91 Å². The van der Waals surface area contributed by atoms with Crippen LogP contribution in [0.4, 0.5) is 0 Å². The third kappa shape index (κ3) is 5.41. The smallest absolute Gasteiger partial charge is 0.250 e. The van der Waals surface area contributed by atoms with Crippen LogP contribution in [0, 0.1) is 5.92 Å². The van der Waals surface area contributed by atoms with Gasteiger partial charge in [-0.1, -0.05) is 32.8 Å². The van der Waals surface area contributed by atoms with E-state index >= 15 is 0 Å². The predicted molar refractivity (Wildman–Crippen MR) is 85.8 cm³/mol. The Bertz CT molecular complexity index is 522. The summed E-state index contributed by atoms with van der Waals surface area (Å²) in [5.74, 6) is 0.285. The molecule has 0 aliphatic heterocycles. The SMILES string of the molecule is CCC(CC)CN(CC)C(=O)CNS(=O)(=O)c1cccs1. The summed E-state index contributed by atoms with van der Waals surface area (Å²) in [7, 11) is -3.57. The van der Waals surface area contributed by atoms with Crippen LogP contribution >= 0.6 is 11.3 Å². The highest BCUT2D eigenvalue weighted by atomic mass is 32.2. The molecule has 1 aromatic rings. The molecule has 1 N–H and O–H groups in total. The molecule has 0 spiro atoms. The first-order valence-corrected chi connectivity index (χ1v) is 9.61. The monoisotopic (exact) mass is 332 g/mol. The van der Waals surface area contributed by atoms with E-state index in [0.717, 1.165) is 24.2 Å². The summed E-state index contributed by atoms with van der Waals surface area (Å²) in [6.07, 6.45) is 2.03. The minimum atomic E-state index is -3.57. The molecule has 0 unspecified atom stereocenters. The van der Waals surface area contributed by atoms with Gasteiger partial charge >= 0.3 is 0 Å². The number of carbonyl (C=O) groups excluding carboxylic acids is 1. The first-order chi connectivity index (χ1) is 9.94. The highest BCUT2D eigenvalue weighted by Gasteiger charge is 2.20. The number of rotatable bonds is 9. The largest absolute Gasteiger partial charge is 0.342 e. The summed E-state index contributed by atoms with van der Waals surface area (Å²) in [5, 5.41) is 1.70. The fourth-order valence-electron chi connectivity index (χ4n) is 2.02. The van der Waals surface area contributed by atoms with E-state index in [2.05, 4.69) is 18.6 Å². The fourth-order valence-corrected chi connectivity index (χ4v) is 4.03. The Kier molecular flexibility index (Phi) is 7.34. The van der Waals surface area contributed by atoms with Gasteiger partial charge in [-0.25, -0.2) is 13.1 Å². The first-order valence-electron chi connectivity index (χ1n) is 7.25. The fraction of sp³-hybridized carbons (Fsp3) is 0.643. The number of thiophene rings is 1. The molecule has 0 bridgehead atoms. The van der Waals surface area contributed by atoms with Gasteiger partial charge < -0.3 is 4.90 Å². The molecule has 0 aliphatic carbocycles. The van der Waals surface area contributed by atoms with Gasteiger partial charge in [0.1, 0.15) is 4.21 Å². The van der Waals surface area contributed by atoms with Gasteiger partial charge in [-0.2, -0.15) is 0 Å². The minimum absolute atomic E-state index is 0.176. The van der Waals surface area contributed by atoms with Crippen LogP contribution in [0.1, 0.15) is 33.6 Å². The number of sulfonamides is 1. The summed E-state index contributed by atoms with van der Waals surface area (Å²) in [6, 6.07) is 3.20. The second-order valence-corrected chi connectivity index (χ2v) is 7.81. The van der Waals surface area contributed by atoms with Crippen LogP contribution in [0.15, 0.2) is 21.7 Å².